The Kier molecular flexibility index (Phi) is 2.92. The van der Waals surface area contributed by atoms with Crippen LogP contribution in [0.4, 0.5) is 4.79 Å². The van der Waals surface area contributed by atoms with Gasteiger partial charge in [-0.2, -0.15) is 0 Å². The van der Waals surface area contributed by atoms with Crippen LogP contribution in [0, 0.1) is 17.8 Å². The molecule has 0 spiro atoms. The molecule has 100 valence electrons. The Morgan fingerprint density at radius 3 is 2.22 bits per heavy atom. The highest BCUT2D eigenvalue weighted by Gasteiger charge is 2.41. The van der Waals surface area contributed by atoms with Gasteiger partial charge in [0, 0.05) is 13.1 Å². The molecule has 0 radical (unpaired) electrons. The molecule has 0 aromatic carbocycles. The van der Waals surface area contributed by atoms with Gasteiger partial charge in [0.2, 0.25) is 0 Å². The van der Waals surface area contributed by atoms with E-state index in [1.54, 1.807) is 0 Å². The molecule has 0 aromatic rings. The van der Waals surface area contributed by atoms with Crippen molar-refractivity contribution in [1.29, 1.82) is 0 Å². The Morgan fingerprint density at radius 1 is 1.11 bits per heavy atom. The second-order valence-corrected chi connectivity index (χ2v) is 5.96. The number of carboxylic acids is 1. The van der Waals surface area contributed by atoms with E-state index in [0.717, 1.165) is 25.9 Å². The standard InChI is InChI=1S/C13H20N2O3/c16-12(17)11(8-4-5-8)14-13(18)15-6-9-2-1-3-10(9)7-15/h8-11H,1-7H2,(H,14,18)(H,16,17). The van der Waals surface area contributed by atoms with Gasteiger partial charge in [-0.15, -0.1) is 0 Å². The molecule has 5 heteroatoms. The van der Waals surface area contributed by atoms with Crippen LogP contribution >= 0.6 is 0 Å². The number of rotatable bonds is 3. The van der Waals surface area contributed by atoms with E-state index in [1.165, 1.54) is 19.3 Å². The number of nitrogens with one attached hydrogen (secondary N) is 1. The fourth-order valence-electron chi connectivity index (χ4n) is 3.44. The lowest BCUT2D eigenvalue weighted by Crippen LogP contribution is -2.48. The first-order chi connectivity index (χ1) is 8.65. The SMILES string of the molecule is O=C(O)C(NC(=O)N1CC2CCCC2C1)C1CC1. The van der Waals surface area contributed by atoms with E-state index in [4.69, 9.17) is 5.11 Å². The molecule has 18 heavy (non-hydrogen) atoms. The molecule has 2 N–H and O–H groups in total. The molecule has 1 aliphatic heterocycles. The molecule has 2 amide bonds. The maximum absolute atomic E-state index is 12.1. The molecule has 1 saturated heterocycles. The highest BCUT2D eigenvalue weighted by atomic mass is 16.4. The predicted molar refractivity (Wildman–Crippen MR) is 65.1 cm³/mol. The van der Waals surface area contributed by atoms with Crippen LogP contribution in [0.1, 0.15) is 32.1 Å². The molecule has 2 saturated carbocycles. The summed E-state index contributed by atoms with van der Waals surface area (Å²) in [5, 5.41) is 11.8. The molecule has 3 fully saturated rings. The van der Waals surface area contributed by atoms with Crippen molar-refractivity contribution >= 4 is 12.0 Å². The lowest BCUT2D eigenvalue weighted by molar-refractivity contribution is -0.139. The van der Waals surface area contributed by atoms with E-state index in [9.17, 15) is 9.59 Å². The Morgan fingerprint density at radius 2 is 1.72 bits per heavy atom. The summed E-state index contributed by atoms with van der Waals surface area (Å²) in [5.74, 6) is 0.554. The average Bonchev–Trinajstić information content (AvgIpc) is 2.91. The zero-order chi connectivity index (χ0) is 12.7. The Labute approximate surface area is 107 Å². The van der Waals surface area contributed by atoms with Crippen molar-refractivity contribution in [2.24, 2.45) is 17.8 Å². The van der Waals surface area contributed by atoms with Crippen molar-refractivity contribution in [1.82, 2.24) is 10.2 Å². The van der Waals surface area contributed by atoms with Crippen LogP contribution in [-0.4, -0.2) is 41.1 Å². The van der Waals surface area contributed by atoms with Crippen molar-refractivity contribution in [2.75, 3.05) is 13.1 Å². The maximum Gasteiger partial charge on any atom is 0.326 e. The van der Waals surface area contributed by atoms with Crippen LogP contribution in [0.15, 0.2) is 0 Å². The van der Waals surface area contributed by atoms with Crippen molar-refractivity contribution in [3.05, 3.63) is 0 Å². The van der Waals surface area contributed by atoms with Gasteiger partial charge in [-0.05, 0) is 43.4 Å². The summed E-state index contributed by atoms with van der Waals surface area (Å²) in [4.78, 5) is 25.0. The minimum absolute atomic E-state index is 0.147. The number of likely N-dealkylation sites (tertiary alicyclic amines) is 1. The van der Waals surface area contributed by atoms with Crippen LogP contribution in [0.5, 0.6) is 0 Å². The average molecular weight is 252 g/mol. The number of carbonyl (C=O) groups is 2. The second kappa shape index (κ2) is 4.44. The monoisotopic (exact) mass is 252 g/mol. The lowest BCUT2D eigenvalue weighted by Gasteiger charge is -2.21. The van der Waals surface area contributed by atoms with Gasteiger partial charge in [-0.1, -0.05) is 6.42 Å². The fourth-order valence-corrected chi connectivity index (χ4v) is 3.44. The molecule has 3 rings (SSSR count). The highest BCUT2D eigenvalue weighted by Crippen LogP contribution is 2.38. The van der Waals surface area contributed by atoms with Crippen LogP contribution in [0.3, 0.4) is 0 Å². The third-order valence-electron chi connectivity index (χ3n) is 4.65. The van der Waals surface area contributed by atoms with E-state index in [-0.39, 0.29) is 11.9 Å². The number of urea groups is 1. The molecule has 0 aromatic heterocycles. The first kappa shape index (κ1) is 11.8. The zero-order valence-corrected chi connectivity index (χ0v) is 10.5. The maximum atomic E-state index is 12.1. The minimum atomic E-state index is -0.898. The summed E-state index contributed by atoms with van der Waals surface area (Å²) in [6.07, 6.45) is 5.56. The van der Waals surface area contributed by atoms with Crippen LogP contribution < -0.4 is 5.32 Å². The number of hydrogen-bond acceptors (Lipinski definition) is 2. The van der Waals surface area contributed by atoms with Gasteiger partial charge in [-0.3, -0.25) is 0 Å². The quantitative estimate of drug-likeness (QED) is 0.795. The summed E-state index contributed by atoms with van der Waals surface area (Å²) < 4.78 is 0. The van der Waals surface area contributed by atoms with Gasteiger partial charge in [0.15, 0.2) is 0 Å². The summed E-state index contributed by atoms with van der Waals surface area (Å²) >= 11 is 0. The number of nitrogens with zero attached hydrogens (tertiary/aromatic N) is 1. The third-order valence-corrected chi connectivity index (χ3v) is 4.65. The van der Waals surface area contributed by atoms with Crippen LogP contribution in [0.2, 0.25) is 0 Å². The van der Waals surface area contributed by atoms with Gasteiger partial charge in [0.25, 0.3) is 0 Å². The molecular weight excluding hydrogens is 232 g/mol. The van der Waals surface area contributed by atoms with Gasteiger partial charge < -0.3 is 15.3 Å². The number of carbonyl (C=O) groups excluding carboxylic acids is 1. The summed E-state index contributed by atoms with van der Waals surface area (Å²) in [6.45, 7) is 1.63. The minimum Gasteiger partial charge on any atom is -0.480 e. The first-order valence-corrected chi connectivity index (χ1v) is 6.93. The molecule has 1 heterocycles. The first-order valence-electron chi connectivity index (χ1n) is 6.93. The smallest absolute Gasteiger partial charge is 0.326 e. The number of fused-ring (bicyclic) bond motifs is 1. The lowest BCUT2D eigenvalue weighted by atomic mass is 10.0. The van der Waals surface area contributed by atoms with Crippen molar-refractivity contribution in [3.63, 3.8) is 0 Å². The fraction of sp³-hybridized carbons (Fsp3) is 0.846. The van der Waals surface area contributed by atoms with Crippen molar-refractivity contribution < 1.29 is 14.7 Å². The highest BCUT2D eigenvalue weighted by molar-refractivity contribution is 5.83. The normalized spacial score (nSPS) is 32.1. The topological polar surface area (TPSA) is 69.6 Å². The van der Waals surface area contributed by atoms with E-state index in [0.29, 0.717) is 11.8 Å². The summed E-state index contributed by atoms with van der Waals surface area (Å²) in [5.41, 5.74) is 0. The van der Waals surface area contributed by atoms with Gasteiger partial charge in [-0.25, -0.2) is 9.59 Å². The van der Waals surface area contributed by atoms with E-state index in [1.807, 2.05) is 4.90 Å². The van der Waals surface area contributed by atoms with Crippen molar-refractivity contribution in [3.8, 4) is 0 Å². The zero-order valence-electron chi connectivity index (χ0n) is 10.5. The van der Waals surface area contributed by atoms with E-state index in [2.05, 4.69) is 5.32 Å². The molecule has 3 aliphatic rings. The third kappa shape index (κ3) is 2.18. The molecule has 0 bridgehead atoms. The van der Waals surface area contributed by atoms with E-state index < -0.39 is 12.0 Å². The number of carboxylic acid groups (broad SMARTS) is 1. The van der Waals surface area contributed by atoms with Crippen LogP contribution in [0.25, 0.3) is 0 Å². The molecule has 5 nitrogen and oxygen atoms in total. The van der Waals surface area contributed by atoms with Gasteiger partial charge in [0.05, 0.1) is 0 Å². The van der Waals surface area contributed by atoms with E-state index >= 15 is 0 Å². The number of hydrogen-bond donors (Lipinski definition) is 2. The summed E-state index contributed by atoms with van der Waals surface area (Å²) in [6, 6.07) is -0.860. The van der Waals surface area contributed by atoms with Crippen LogP contribution in [-0.2, 0) is 4.79 Å². The van der Waals surface area contributed by atoms with Gasteiger partial charge in [0.1, 0.15) is 6.04 Å². The summed E-state index contributed by atoms with van der Waals surface area (Å²) in [7, 11) is 0. The Balaban J connectivity index is 1.56. The Hall–Kier alpha value is -1.26. The number of aliphatic carboxylic acids is 1. The predicted octanol–water partition coefficient (Wildman–Crippen LogP) is 1.29. The molecule has 3 unspecified atom stereocenters. The number of amides is 2. The molecular formula is C13H20N2O3. The Bertz CT molecular complexity index is 355. The van der Waals surface area contributed by atoms with Gasteiger partial charge >= 0.3 is 12.0 Å². The largest absolute Gasteiger partial charge is 0.480 e. The van der Waals surface area contributed by atoms with Crippen molar-refractivity contribution in [2.45, 2.75) is 38.1 Å². The molecule has 3 atom stereocenters. The molecule has 2 aliphatic carbocycles. The second-order valence-electron chi connectivity index (χ2n) is 5.96.